The minimum absolute atomic E-state index is 0.0149. The van der Waals surface area contributed by atoms with Crippen LogP contribution in [-0.4, -0.2) is 75.4 Å². The molecular formula is C41H32N4O14S. The molecular weight excluding hydrogens is 805 g/mol. The number of sulfone groups is 1. The first kappa shape index (κ1) is 41.8. The maximum absolute atomic E-state index is 14.4. The van der Waals surface area contributed by atoms with Crippen molar-refractivity contribution in [1.82, 2.24) is 9.88 Å². The predicted octanol–water partition coefficient (Wildman–Crippen LogP) is 6.02. The molecule has 0 aliphatic carbocycles. The monoisotopic (exact) mass is 836 g/mol. The fourth-order valence-corrected chi connectivity index (χ4v) is 7.83. The van der Waals surface area contributed by atoms with Gasteiger partial charge in [0.05, 0.1) is 21.1 Å². The van der Waals surface area contributed by atoms with E-state index >= 15 is 0 Å². The van der Waals surface area contributed by atoms with Gasteiger partial charge in [0.25, 0.3) is 11.4 Å². The Balaban J connectivity index is 1.27. The molecule has 5 aromatic rings. The smallest absolute Gasteiger partial charge is 0.451 e. The maximum atomic E-state index is 14.4. The van der Waals surface area contributed by atoms with Gasteiger partial charge in [-0.25, -0.2) is 22.8 Å². The Morgan fingerprint density at radius 3 is 1.88 bits per heavy atom. The summed E-state index contributed by atoms with van der Waals surface area (Å²) in [4.78, 5) is 79.6. The molecule has 0 bridgehead atoms. The van der Waals surface area contributed by atoms with Crippen LogP contribution in [0.2, 0.25) is 0 Å². The van der Waals surface area contributed by atoms with Crippen LogP contribution in [0.5, 0.6) is 11.5 Å². The molecule has 1 saturated heterocycles. The Hall–Kier alpha value is -7.80. The molecule has 1 aliphatic rings. The lowest BCUT2D eigenvalue weighted by molar-refractivity contribution is -0.385. The van der Waals surface area contributed by atoms with Crippen molar-refractivity contribution in [3.8, 4) is 11.5 Å². The SMILES string of the molecule is CC1(COC(=O)Oc2ccc([N+](=O)[O-])cc2)[C@H](C(=O)OC(c2ccccc2)c2ccccc2)N(C(=O)/C=C/c2cc(C(=O)Oc3ccc([N+](=O)[O-])cc3)ccn2)CS1(=O)=O. The van der Waals surface area contributed by atoms with Gasteiger partial charge in [0.15, 0.2) is 22.0 Å². The summed E-state index contributed by atoms with van der Waals surface area (Å²) in [6.07, 6.45) is 0.886. The van der Waals surface area contributed by atoms with Crippen molar-refractivity contribution < 1.29 is 56.4 Å². The van der Waals surface area contributed by atoms with E-state index in [1.165, 1.54) is 36.5 Å². The van der Waals surface area contributed by atoms with Gasteiger partial charge in [0.1, 0.15) is 28.7 Å². The number of nitro groups is 2. The molecule has 19 heteroatoms. The number of hydrogen-bond donors (Lipinski definition) is 0. The standard InChI is InChI=1S/C41H32N4O14S/c1-41(25-56-40(49)58-34-19-15-32(16-20-34)45(52)53)37(39(48)59-36(27-8-4-2-5-9-27)28-10-6-3-7-11-28)43(26-60(41,54)55)35(46)21-12-30-24-29(22-23-42-30)38(47)57-33-17-13-31(14-18-33)44(50)51/h2-24,36-37H,25-26H2,1H3/b21-12+/t37-,41?/m0/s1. The van der Waals surface area contributed by atoms with Gasteiger partial charge in [-0.2, -0.15) is 0 Å². The number of nitro benzene ring substituents is 2. The number of amides is 1. The zero-order valence-corrected chi connectivity index (χ0v) is 32.1. The van der Waals surface area contributed by atoms with Gasteiger partial charge in [-0.05, 0) is 60.5 Å². The maximum Gasteiger partial charge on any atom is 0.513 e. The second-order valence-corrected chi connectivity index (χ2v) is 15.7. The number of nitrogens with zero attached hydrogens (tertiary/aromatic N) is 4. The number of carbonyl (C=O) groups excluding carboxylic acids is 4. The van der Waals surface area contributed by atoms with Crippen LogP contribution in [-0.2, 0) is 28.9 Å². The average molecular weight is 837 g/mol. The topological polar surface area (TPSA) is 242 Å². The highest BCUT2D eigenvalue weighted by atomic mass is 32.2. The van der Waals surface area contributed by atoms with Gasteiger partial charge < -0.3 is 23.8 Å². The number of benzene rings is 4. The normalized spacial score (nSPS) is 16.8. The Labute approximate surface area is 340 Å². The third-order valence-electron chi connectivity index (χ3n) is 9.25. The molecule has 0 spiro atoms. The number of aromatic nitrogens is 1. The van der Waals surface area contributed by atoms with Crippen LogP contribution in [0.25, 0.3) is 6.08 Å². The van der Waals surface area contributed by atoms with Crippen molar-refractivity contribution in [3.63, 3.8) is 0 Å². The molecule has 1 aliphatic heterocycles. The molecule has 0 radical (unpaired) electrons. The molecule has 0 saturated carbocycles. The van der Waals surface area contributed by atoms with E-state index in [1.54, 1.807) is 60.7 Å². The summed E-state index contributed by atoms with van der Waals surface area (Å²) in [6.45, 7) is 0.127. The van der Waals surface area contributed by atoms with Crippen molar-refractivity contribution in [3.05, 3.63) is 176 Å². The van der Waals surface area contributed by atoms with Gasteiger partial charge in [-0.15, -0.1) is 0 Å². The van der Waals surface area contributed by atoms with Crippen LogP contribution >= 0.6 is 0 Å². The lowest BCUT2D eigenvalue weighted by Crippen LogP contribution is -2.55. The molecule has 2 atom stereocenters. The molecule has 4 aromatic carbocycles. The molecule has 6 rings (SSSR count). The van der Waals surface area contributed by atoms with E-state index in [-0.39, 0.29) is 34.1 Å². The fourth-order valence-electron chi connectivity index (χ4n) is 6.09. The number of ether oxygens (including phenoxy) is 4. The van der Waals surface area contributed by atoms with Crippen molar-refractivity contribution in [2.24, 2.45) is 0 Å². The highest BCUT2D eigenvalue weighted by molar-refractivity contribution is 7.93. The van der Waals surface area contributed by atoms with Crippen LogP contribution in [0.15, 0.2) is 134 Å². The van der Waals surface area contributed by atoms with E-state index in [9.17, 15) is 47.8 Å². The van der Waals surface area contributed by atoms with Crippen LogP contribution in [0.1, 0.15) is 40.2 Å². The van der Waals surface area contributed by atoms with E-state index in [0.29, 0.717) is 11.1 Å². The lowest BCUT2D eigenvalue weighted by Gasteiger charge is -2.32. The quantitative estimate of drug-likeness (QED) is 0.0329. The van der Waals surface area contributed by atoms with Gasteiger partial charge in [0.2, 0.25) is 5.91 Å². The molecule has 1 amide bonds. The van der Waals surface area contributed by atoms with Gasteiger partial charge >= 0.3 is 18.1 Å². The van der Waals surface area contributed by atoms with Crippen LogP contribution < -0.4 is 9.47 Å². The Morgan fingerprint density at radius 1 is 0.817 bits per heavy atom. The van der Waals surface area contributed by atoms with E-state index in [0.717, 1.165) is 54.3 Å². The van der Waals surface area contributed by atoms with E-state index in [1.807, 2.05) is 0 Å². The first-order chi connectivity index (χ1) is 28.6. The molecule has 306 valence electrons. The van der Waals surface area contributed by atoms with Gasteiger partial charge in [-0.3, -0.25) is 30.0 Å². The number of pyridine rings is 1. The minimum atomic E-state index is -4.51. The van der Waals surface area contributed by atoms with Crippen molar-refractivity contribution in [2.45, 2.75) is 23.8 Å². The van der Waals surface area contributed by atoms with Crippen molar-refractivity contribution in [1.29, 1.82) is 0 Å². The lowest BCUT2D eigenvalue weighted by atomic mass is 9.98. The molecule has 2 heterocycles. The molecule has 18 nitrogen and oxygen atoms in total. The van der Waals surface area contributed by atoms with Gasteiger partial charge in [-0.1, -0.05) is 60.7 Å². The number of carbonyl (C=O) groups is 4. The van der Waals surface area contributed by atoms with E-state index in [2.05, 4.69) is 4.98 Å². The first-order valence-corrected chi connectivity index (χ1v) is 19.3. The molecule has 1 unspecified atom stereocenters. The van der Waals surface area contributed by atoms with E-state index in [4.69, 9.17) is 18.9 Å². The minimum Gasteiger partial charge on any atom is -0.451 e. The Morgan fingerprint density at radius 2 is 1.35 bits per heavy atom. The molecule has 0 N–H and O–H groups in total. The summed E-state index contributed by atoms with van der Waals surface area (Å²) < 4.78 is 47.3. The average Bonchev–Trinajstić information content (AvgIpc) is 3.46. The summed E-state index contributed by atoms with van der Waals surface area (Å²) >= 11 is 0. The second kappa shape index (κ2) is 17.8. The molecule has 60 heavy (non-hydrogen) atoms. The second-order valence-electron chi connectivity index (χ2n) is 13.2. The van der Waals surface area contributed by atoms with Crippen molar-refractivity contribution in [2.75, 3.05) is 12.5 Å². The summed E-state index contributed by atoms with van der Waals surface area (Å²) in [6, 6.07) is 27.0. The Kier molecular flexibility index (Phi) is 12.4. The highest BCUT2D eigenvalue weighted by Gasteiger charge is 2.62. The fraction of sp³-hybridized carbons (Fsp3) is 0.146. The van der Waals surface area contributed by atoms with Crippen molar-refractivity contribution >= 4 is 51.3 Å². The van der Waals surface area contributed by atoms with Crippen LogP contribution in [0.3, 0.4) is 0 Å². The first-order valence-electron chi connectivity index (χ1n) is 17.7. The van der Waals surface area contributed by atoms with Crippen LogP contribution in [0, 0.1) is 20.2 Å². The molecule has 1 aromatic heterocycles. The number of rotatable bonds is 13. The van der Waals surface area contributed by atoms with E-state index < -0.39 is 73.1 Å². The number of esters is 2. The third-order valence-corrected chi connectivity index (χ3v) is 11.6. The third kappa shape index (κ3) is 9.48. The Bertz CT molecular complexity index is 2530. The zero-order chi connectivity index (χ0) is 43.0. The summed E-state index contributed by atoms with van der Waals surface area (Å²) in [5, 5.41) is 22.0. The largest absolute Gasteiger partial charge is 0.513 e. The van der Waals surface area contributed by atoms with Crippen LogP contribution in [0.4, 0.5) is 16.2 Å². The van der Waals surface area contributed by atoms with Gasteiger partial charge in [0, 0.05) is 36.5 Å². The predicted molar refractivity (Wildman–Crippen MR) is 210 cm³/mol. The molecule has 1 fully saturated rings. The summed E-state index contributed by atoms with van der Waals surface area (Å²) in [5.41, 5.74) is 0.598. The number of non-ortho nitro benzene ring substituents is 2. The zero-order valence-electron chi connectivity index (χ0n) is 31.3. The number of hydrogen-bond acceptors (Lipinski definition) is 15. The summed E-state index contributed by atoms with van der Waals surface area (Å²) in [7, 11) is -4.51. The highest BCUT2D eigenvalue weighted by Crippen LogP contribution is 2.38. The summed E-state index contributed by atoms with van der Waals surface area (Å²) in [5.74, 6) is -4.14.